The fourth-order valence-corrected chi connectivity index (χ4v) is 1.41. The summed E-state index contributed by atoms with van der Waals surface area (Å²) in [6.07, 6.45) is -1.41. The zero-order valence-electron chi connectivity index (χ0n) is 8.63. The lowest BCUT2D eigenvalue weighted by Gasteiger charge is -2.04. The van der Waals surface area contributed by atoms with Crippen molar-refractivity contribution in [1.29, 1.82) is 0 Å². The number of thiazole rings is 1. The molecule has 0 aromatic carbocycles. The van der Waals surface area contributed by atoms with Gasteiger partial charge in [-0.3, -0.25) is 10.2 Å². The first-order valence-electron chi connectivity index (χ1n) is 4.16. The minimum absolute atomic E-state index is 0.186. The molecule has 0 spiro atoms. The lowest BCUT2D eigenvalue weighted by molar-refractivity contribution is -0.115. The van der Waals surface area contributed by atoms with Gasteiger partial charge in [0, 0.05) is 5.38 Å². The van der Waals surface area contributed by atoms with Gasteiger partial charge in [-0.25, -0.2) is 15.2 Å². The molecule has 0 aliphatic carbocycles. The van der Waals surface area contributed by atoms with Gasteiger partial charge in [-0.05, 0) is 0 Å². The summed E-state index contributed by atoms with van der Waals surface area (Å²) in [5.41, 5.74) is 9.00. The Morgan fingerprint density at radius 1 is 1.59 bits per heavy atom. The summed E-state index contributed by atoms with van der Waals surface area (Å²) >= 11 is 1.11. The van der Waals surface area contributed by atoms with E-state index in [2.05, 4.69) is 15.0 Å². The van der Waals surface area contributed by atoms with E-state index in [0.717, 1.165) is 11.3 Å². The molecule has 0 bridgehead atoms. The molecular formula is C7H9N5O4S. The van der Waals surface area contributed by atoms with Crippen LogP contribution in [0.2, 0.25) is 0 Å². The second kappa shape index (κ2) is 5.65. The maximum atomic E-state index is 11.5. The molecule has 0 atom stereocenters. The van der Waals surface area contributed by atoms with Gasteiger partial charge in [-0.15, -0.1) is 11.3 Å². The number of anilines is 1. The third-order valence-electron chi connectivity index (χ3n) is 1.45. The smallest absolute Gasteiger partial charge is 0.423 e. The molecule has 92 valence electrons. The minimum Gasteiger partial charge on any atom is -0.464 e. The number of nitrogens with one attached hydrogen (secondary N) is 2. The number of carbonyl (C=O) groups excluding carboxylic acids is 1. The fourth-order valence-electron chi connectivity index (χ4n) is 0.862. The molecule has 0 unspecified atom stereocenters. The van der Waals surface area contributed by atoms with Gasteiger partial charge in [0.2, 0.25) is 0 Å². The molecule has 5 N–H and O–H groups in total. The second-order valence-corrected chi connectivity index (χ2v) is 3.47. The lowest BCUT2D eigenvalue weighted by atomic mass is 10.3. The van der Waals surface area contributed by atoms with Crippen molar-refractivity contribution in [3.63, 3.8) is 0 Å². The normalized spacial score (nSPS) is 10.8. The summed E-state index contributed by atoms with van der Waals surface area (Å²) in [7, 11) is 1.24. The third kappa shape index (κ3) is 3.61. The number of aromatic nitrogens is 1. The fraction of sp³-hybridized carbons (Fsp3) is 0.143. The largest absolute Gasteiger partial charge is 0.464 e. The van der Waals surface area contributed by atoms with Crippen LogP contribution in [0.15, 0.2) is 10.5 Å². The van der Waals surface area contributed by atoms with Crippen molar-refractivity contribution in [2.45, 2.75) is 0 Å². The second-order valence-electron chi connectivity index (χ2n) is 2.58. The molecule has 0 radical (unpaired) electrons. The molecule has 1 aromatic heterocycles. The Balaban J connectivity index is 2.83. The van der Waals surface area contributed by atoms with E-state index < -0.39 is 12.0 Å². The molecular weight excluding hydrogens is 250 g/mol. The van der Waals surface area contributed by atoms with Crippen LogP contribution in [-0.2, 0) is 9.63 Å². The van der Waals surface area contributed by atoms with Crippen LogP contribution in [0.5, 0.6) is 0 Å². The van der Waals surface area contributed by atoms with Gasteiger partial charge in [-0.2, -0.15) is 0 Å². The van der Waals surface area contributed by atoms with E-state index >= 15 is 0 Å². The maximum Gasteiger partial charge on any atom is 0.423 e. The van der Waals surface area contributed by atoms with E-state index in [9.17, 15) is 9.59 Å². The molecule has 0 saturated carbocycles. The van der Waals surface area contributed by atoms with Gasteiger partial charge in [0.05, 0.1) is 0 Å². The van der Waals surface area contributed by atoms with Crippen molar-refractivity contribution >= 4 is 34.2 Å². The molecule has 0 saturated heterocycles. The van der Waals surface area contributed by atoms with E-state index in [1.807, 2.05) is 5.43 Å². The average molecular weight is 259 g/mol. The number of carbonyl (C=O) groups is 2. The molecule has 1 rings (SSSR count). The Hall–Kier alpha value is -2.36. The summed E-state index contributed by atoms with van der Waals surface area (Å²) < 4.78 is 0. The van der Waals surface area contributed by atoms with E-state index in [0.29, 0.717) is 0 Å². The quantitative estimate of drug-likeness (QED) is 0.421. The van der Waals surface area contributed by atoms with Gasteiger partial charge < -0.3 is 15.7 Å². The van der Waals surface area contributed by atoms with Crippen molar-refractivity contribution in [3.8, 4) is 0 Å². The first-order valence-corrected chi connectivity index (χ1v) is 5.04. The van der Waals surface area contributed by atoms with Crippen LogP contribution < -0.4 is 16.6 Å². The molecule has 10 heteroatoms. The van der Waals surface area contributed by atoms with E-state index in [1.54, 1.807) is 5.43 Å². The van der Waals surface area contributed by atoms with Crippen molar-refractivity contribution in [1.82, 2.24) is 15.8 Å². The third-order valence-corrected chi connectivity index (χ3v) is 2.12. The number of nitrogens with zero attached hydrogens (tertiary/aromatic N) is 2. The number of nitrogens with two attached hydrogens (primary N) is 1. The van der Waals surface area contributed by atoms with Crippen LogP contribution in [0.3, 0.4) is 0 Å². The molecule has 0 aliphatic heterocycles. The number of carboxylic acid groups (broad SMARTS) is 1. The van der Waals surface area contributed by atoms with Crippen molar-refractivity contribution in [2.24, 2.45) is 5.16 Å². The first-order chi connectivity index (χ1) is 8.04. The summed E-state index contributed by atoms with van der Waals surface area (Å²) in [6, 6.07) is 0. The van der Waals surface area contributed by atoms with Crippen molar-refractivity contribution < 1.29 is 19.5 Å². The summed E-state index contributed by atoms with van der Waals surface area (Å²) in [4.78, 5) is 30.0. The zero-order chi connectivity index (χ0) is 12.8. The van der Waals surface area contributed by atoms with Crippen molar-refractivity contribution in [3.05, 3.63) is 11.1 Å². The van der Waals surface area contributed by atoms with Gasteiger partial charge in [0.1, 0.15) is 12.8 Å². The molecule has 0 fully saturated rings. The Kier molecular flexibility index (Phi) is 4.22. The Bertz CT molecular complexity index is 457. The highest BCUT2D eigenvalue weighted by Gasteiger charge is 2.18. The van der Waals surface area contributed by atoms with Crippen LogP contribution in [-0.4, -0.2) is 34.9 Å². The number of amides is 2. The number of hydrogen-bond acceptors (Lipinski definition) is 7. The number of oxime groups is 1. The van der Waals surface area contributed by atoms with Crippen LogP contribution in [0.1, 0.15) is 5.69 Å². The summed E-state index contributed by atoms with van der Waals surface area (Å²) in [5.74, 6) is -0.806. The minimum atomic E-state index is -1.41. The van der Waals surface area contributed by atoms with Gasteiger partial charge in [0.25, 0.3) is 5.91 Å². The lowest BCUT2D eigenvalue weighted by Crippen LogP contribution is -2.44. The van der Waals surface area contributed by atoms with Gasteiger partial charge in [-0.1, -0.05) is 5.16 Å². The van der Waals surface area contributed by atoms with Crippen LogP contribution in [0, 0.1) is 0 Å². The number of rotatable bonds is 3. The number of nitrogen functional groups attached to an aromatic ring is 1. The zero-order valence-corrected chi connectivity index (χ0v) is 9.45. The number of hydrogen-bond donors (Lipinski definition) is 4. The monoisotopic (exact) mass is 259 g/mol. The van der Waals surface area contributed by atoms with Crippen LogP contribution >= 0.6 is 11.3 Å². The maximum absolute atomic E-state index is 11.5. The predicted molar refractivity (Wildman–Crippen MR) is 59.4 cm³/mol. The van der Waals surface area contributed by atoms with Crippen LogP contribution in [0.4, 0.5) is 9.93 Å². The highest BCUT2D eigenvalue weighted by Crippen LogP contribution is 2.12. The standard InChI is InChI=1S/C7H9N5O4S/c1-16-12-4(3-2-17-6(8)9-3)5(13)10-11-7(14)15/h2,11H,1H3,(H2,8,9)(H,10,13)(H,14,15). The van der Waals surface area contributed by atoms with Crippen molar-refractivity contribution in [2.75, 3.05) is 12.8 Å². The predicted octanol–water partition coefficient (Wildman–Crippen LogP) is -0.625. The molecule has 17 heavy (non-hydrogen) atoms. The van der Waals surface area contributed by atoms with Gasteiger partial charge >= 0.3 is 6.09 Å². The summed E-state index contributed by atoms with van der Waals surface area (Å²) in [6.45, 7) is 0. The van der Waals surface area contributed by atoms with E-state index in [4.69, 9.17) is 10.8 Å². The molecule has 1 aromatic rings. The first kappa shape index (κ1) is 12.7. The SMILES string of the molecule is CON=C(C(=O)NNC(=O)O)c1csc(N)n1. The molecule has 9 nitrogen and oxygen atoms in total. The topological polar surface area (TPSA) is 139 Å². The number of hydrazine groups is 1. The highest BCUT2D eigenvalue weighted by molar-refractivity contribution is 7.13. The van der Waals surface area contributed by atoms with E-state index in [-0.39, 0.29) is 16.5 Å². The molecule has 1 heterocycles. The highest BCUT2D eigenvalue weighted by atomic mass is 32.1. The van der Waals surface area contributed by atoms with E-state index in [1.165, 1.54) is 12.5 Å². The van der Waals surface area contributed by atoms with Crippen LogP contribution in [0.25, 0.3) is 0 Å². The Labute approximate surface area is 99.2 Å². The molecule has 0 aliphatic rings. The Morgan fingerprint density at radius 3 is 2.76 bits per heavy atom. The Morgan fingerprint density at radius 2 is 2.29 bits per heavy atom. The average Bonchev–Trinajstić information content (AvgIpc) is 2.69. The summed E-state index contributed by atoms with van der Waals surface area (Å²) in [5, 5.41) is 13.5. The van der Waals surface area contributed by atoms with Gasteiger partial charge in [0.15, 0.2) is 10.8 Å². The molecule has 2 amide bonds.